The molecular weight excluding hydrogens is 398 g/mol. The van der Waals surface area contributed by atoms with Crippen molar-refractivity contribution in [1.82, 2.24) is 0 Å². The number of unbranched alkanes of at least 4 members (excludes halogenated alkanes) is 14. The number of quaternary nitrogens is 1. The quantitative estimate of drug-likeness (QED) is 0.0732. The maximum absolute atomic E-state index is 12.3. The van der Waals surface area contributed by atoms with Gasteiger partial charge in [0.25, 0.3) is 0 Å². The molecule has 0 aromatic rings. The van der Waals surface area contributed by atoms with Gasteiger partial charge in [-0.3, -0.25) is 4.79 Å². The minimum absolute atomic E-state index is 0.130. The molecule has 0 aromatic carbocycles. The highest BCUT2D eigenvalue weighted by molar-refractivity contribution is 6.20. The number of hydrogen-bond acceptors (Lipinski definition) is 3. The van der Waals surface area contributed by atoms with E-state index >= 15 is 0 Å². The van der Waals surface area contributed by atoms with Crippen LogP contribution in [0, 0.1) is 5.92 Å². The lowest BCUT2D eigenvalue weighted by molar-refractivity contribution is -0.883. The van der Waals surface area contributed by atoms with E-state index in [1.54, 1.807) is 0 Å². The summed E-state index contributed by atoms with van der Waals surface area (Å²) in [5, 5.41) is 11.4. The average molecular weight is 446 g/mol. The van der Waals surface area contributed by atoms with Gasteiger partial charge in [0.15, 0.2) is 5.50 Å². The van der Waals surface area contributed by atoms with Gasteiger partial charge in [0.05, 0.1) is 33.0 Å². The van der Waals surface area contributed by atoms with Crippen molar-refractivity contribution in [3.63, 3.8) is 0 Å². The monoisotopic (exact) mass is 445 g/mol. The smallest absolute Gasteiger partial charge is 0.165 e. The third-order valence-corrected chi connectivity index (χ3v) is 6.73. The highest BCUT2D eigenvalue weighted by Crippen LogP contribution is 2.21. The summed E-state index contributed by atoms with van der Waals surface area (Å²) in [6.45, 7) is 2.26. The zero-order valence-corrected chi connectivity index (χ0v) is 21.0. The fraction of sp³-hybridized carbons (Fsp3) is 0.920. The molecule has 0 heterocycles. The first-order valence-electron chi connectivity index (χ1n) is 12.4. The van der Waals surface area contributed by atoms with Crippen LogP contribution in [0.1, 0.15) is 116 Å². The summed E-state index contributed by atoms with van der Waals surface area (Å²) in [6, 6.07) is 0. The Morgan fingerprint density at radius 3 is 1.43 bits per heavy atom. The molecular formula is C25H48ClNO3. The van der Waals surface area contributed by atoms with Crippen LogP contribution in [0.3, 0.4) is 0 Å². The third kappa shape index (κ3) is 16.1. The molecule has 0 aliphatic carbocycles. The number of ketones is 1. The molecule has 0 rings (SSSR count). The van der Waals surface area contributed by atoms with Gasteiger partial charge < -0.3 is 14.4 Å². The number of carboxylic acid groups (broad SMARTS) is 1. The van der Waals surface area contributed by atoms with Crippen LogP contribution in [0.15, 0.2) is 0 Å². The van der Waals surface area contributed by atoms with E-state index in [1.807, 2.05) is 21.1 Å². The van der Waals surface area contributed by atoms with Gasteiger partial charge in [-0.2, -0.15) is 0 Å². The maximum atomic E-state index is 12.3. The van der Waals surface area contributed by atoms with E-state index in [9.17, 15) is 14.7 Å². The summed E-state index contributed by atoms with van der Waals surface area (Å²) in [5.74, 6) is -2.61. The van der Waals surface area contributed by atoms with E-state index < -0.39 is 17.4 Å². The fourth-order valence-corrected chi connectivity index (χ4v) is 3.89. The molecule has 0 saturated carbocycles. The summed E-state index contributed by atoms with van der Waals surface area (Å²) in [5.41, 5.74) is -0.419. The number of alkyl halides is 1. The fourth-order valence-electron chi connectivity index (χ4n) is 3.71. The normalized spacial score (nSPS) is 13.9. The van der Waals surface area contributed by atoms with Gasteiger partial charge in [0.1, 0.15) is 5.78 Å². The summed E-state index contributed by atoms with van der Waals surface area (Å²) < 4.78 is 0.414. The summed E-state index contributed by atoms with van der Waals surface area (Å²) in [6.07, 6.45) is 19.5. The Labute approximate surface area is 191 Å². The van der Waals surface area contributed by atoms with E-state index in [2.05, 4.69) is 6.92 Å². The number of carboxylic acids is 1. The number of hydrogen-bond donors (Lipinski definition) is 0. The lowest BCUT2D eigenvalue weighted by atomic mass is 9.95. The molecule has 4 nitrogen and oxygen atoms in total. The Kier molecular flexibility index (Phi) is 17.6. The molecule has 0 aromatic heterocycles. The van der Waals surface area contributed by atoms with Crippen molar-refractivity contribution in [2.75, 3.05) is 21.1 Å². The lowest BCUT2D eigenvalue weighted by Crippen LogP contribution is -2.46. The van der Waals surface area contributed by atoms with Gasteiger partial charge in [0, 0.05) is 12.8 Å². The van der Waals surface area contributed by atoms with Gasteiger partial charge >= 0.3 is 0 Å². The Bertz CT molecular complexity index is 448. The first kappa shape index (κ1) is 29.4. The molecule has 2 atom stereocenters. The molecule has 0 N–H and O–H groups in total. The molecule has 0 bridgehead atoms. The molecule has 0 radical (unpaired) electrons. The van der Waals surface area contributed by atoms with E-state index in [0.29, 0.717) is 10.9 Å². The largest absolute Gasteiger partial charge is 0.549 e. The van der Waals surface area contributed by atoms with Crippen molar-refractivity contribution in [2.24, 2.45) is 5.92 Å². The topological polar surface area (TPSA) is 57.2 Å². The van der Waals surface area contributed by atoms with Crippen molar-refractivity contribution >= 4 is 23.4 Å². The Morgan fingerprint density at radius 1 is 0.733 bits per heavy atom. The molecule has 178 valence electrons. The van der Waals surface area contributed by atoms with E-state index in [-0.39, 0.29) is 12.2 Å². The Morgan fingerprint density at radius 2 is 1.10 bits per heavy atom. The molecule has 0 aliphatic rings. The molecule has 0 spiro atoms. The zero-order valence-electron chi connectivity index (χ0n) is 20.2. The van der Waals surface area contributed by atoms with Crippen molar-refractivity contribution in [3.05, 3.63) is 0 Å². The van der Waals surface area contributed by atoms with Crippen LogP contribution in [0.5, 0.6) is 0 Å². The predicted octanol–water partition coefficient (Wildman–Crippen LogP) is 5.84. The SMILES string of the molecule is CCCCCCCCCCCCCCCCCC(=O)C(CC(Cl)[N+](C)(C)C)C(=O)[O-]. The molecule has 0 fully saturated rings. The van der Waals surface area contributed by atoms with E-state index in [0.717, 1.165) is 19.3 Å². The minimum Gasteiger partial charge on any atom is -0.549 e. The standard InChI is InChI=1S/C25H48ClNO3/c1-5-6-7-8-9-10-11-12-13-14-15-16-17-18-19-20-23(28)22(25(29)30)21-24(26)27(2,3)4/h22,24H,5-21H2,1-4H3. The van der Waals surface area contributed by atoms with Gasteiger partial charge in [-0.15, -0.1) is 0 Å². The van der Waals surface area contributed by atoms with Crippen LogP contribution >= 0.6 is 11.6 Å². The second-order valence-electron chi connectivity index (χ2n) is 9.82. The second kappa shape index (κ2) is 18.0. The summed E-state index contributed by atoms with van der Waals surface area (Å²) in [7, 11) is 5.68. The maximum Gasteiger partial charge on any atom is 0.165 e. The molecule has 30 heavy (non-hydrogen) atoms. The van der Waals surface area contributed by atoms with Gasteiger partial charge in [-0.05, 0) is 6.42 Å². The van der Waals surface area contributed by atoms with Crippen LogP contribution in [0.25, 0.3) is 0 Å². The lowest BCUT2D eigenvalue weighted by Gasteiger charge is -2.32. The number of rotatable bonds is 21. The zero-order chi connectivity index (χ0) is 22.8. The van der Waals surface area contributed by atoms with Crippen LogP contribution in [-0.4, -0.2) is 42.9 Å². The molecule has 2 unspecified atom stereocenters. The number of Topliss-reactive ketones (excluding diaryl/α,β-unsaturated/α-hetero) is 1. The molecule has 5 heteroatoms. The van der Waals surface area contributed by atoms with Crippen LogP contribution in [-0.2, 0) is 9.59 Å². The predicted molar refractivity (Wildman–Crippen MR) is 125 cm³/mol. The minimum atomic E-state index is -1.29. The average Bonchev–Trinajstić information content (AvgIpc) is 2.67. The number of aliphatic carboxylic acids is 1. The summed E-state index contributed by atoms with van der Waals surface area (Å²) >= 11 is 6.27. The highest BCUT2D eigenvalue weighted by Gasteiger charge is 2.29. The van der Waals surface area contributed by atoms with Crippen molar-refractivity contribution in [1.29, 1.82) is 0 Å². The van der Waals surface area contributed by atoms with Gasteiger partial charge in [0.2, 0.25) is 0 Å². The van der Waals surface area contributed by atoms with E-state index in [4.69, 9.17) is 11.6 Å². The van der Waals surface area contributed by atoms with Crippen LogP contribution in [0.4, 0.5) is 0 Å². The second-order valence-corrected chi connectivity index (χ2v) is 10.3. The van der Waals surface area contributed by atoms with Gasteiger partial charge in [-0.25, -0.2) is 0 Å². The Balaban J connectivity index is 3.66. The molecule has 0 amide bonds. The van der Waals surface area contributed by atoms with Crippen molar-refractivity contribution in [2.45, 2.75) is 122 Å². The Hall–Kier alpha value is -0.610. The number of carbonyl (C=O) groups is 2. The third-order valence-electron chi connectivity index (χ3n) is 5.97. The van der Waals surface area contributed by atoms with Crippen molar-refractivity contribution in [3.8, 4) is 0 Å². The van der Waals surface area contributed by atoms with Crippen LogP contribution in [0.2, 0.25) is 0 Å². The number of halogens is 1. The number of carbonyl (C=O) groups excluding carboxylic acids is 2. The summed E-state index contributed by atoms with van der Waals surface area (Å²) in [4.78, 5) is 23.7. The molecule has 0 saturated heterocycles. The van der Waals surface area contributed by atoms with E-state index in [1.165, 1.54) is 77.0 Å². The van der Waals surface area contributed by atoms with Gasteiger partial charge in [-0.1, -0.05) is 108 Å². The van der Waals surface area contributed by atoms with Crippen molar-refractivity contribution < 1.29 is 19.2 Å². The first-order chi connectivity index (χ1) is 14.2. The molecule has 0 aliphatic heterocycles. The van der Waals surface area contributed by atoms with Crippen LogP contribution < -0.4 is 5.11 Å². The number of nitrogens with zero attached hydrogens (tertiary/aromatic N) is 1. The first-order valence-corrected chi connectivity index (χ1v) is 12.8. The highest BCUT2D eigenvalue weighted by atomic mass is 35.5.